The van der Waals surface area contributed by atoms with Crippen LogP contribution in [0.15, 0.2) is 5.16 Å². The molecule has 1 aliphatic rings. The molecule has 1 heterocycles. The molecule has 0 aromatic rings. The second-order valence-corrected chi connectivity index (χ2v) is 9.24. The maximum Gasteiger partial charge on any atom is 0.222 e. The maximum atomic E-state index is 12.3. The van der Waals surface area contributed by atoms with Gasteiger partial charge in [0.1, 0.15) is 6.61 Å². The third kappa shape index (κ3) is 7.23. The van der Waals surface area contributed by atoms with Crippen LogP contribution in [0, 0.1) is 16.7 Å². The molecule has 1 saturated heterocycles. The quantitative estimate of drug-likeness (QED) is 0.393. The molecule has 0 bridgehead atoms. The summed E-state index contributed by atoms with van der Waals surface area (Å²) in [6, 6.07) is 0. The standard InChI is InChI=1S/C20H38N2O2/c1-16(19(2,3)4)21-24-15-9-8-10-18(23)22-13-11-17(12-14-22)20(5,6)7/h17H,8-15H2,1-7H3/b21-16-. The van der Waals surface area contributed by atoms with Crippen LogP contribution in [0.1, 0.15) is 80.6 Å². The SMILES string of the molecule is C/C(=N/OCCCCC(=O)N1CCC(C(C)(C)C)CC1)C(C)(C)C. The van der Waals surface area contributed by atoms with E-state index in [0.29, 0.717) is 24.3 Å². The van der Waals surface area contributed by atoms with Crippen molar-refractivity contribution in [3.8, 4) is 0 Å². The first-order chi connectivity index (χ1) is 11.0. The topological polar surface area (TPSA) is 41.9 Å². The molecule has 1 aliphatic heterocycles. The summed E-state index contributed by atoms with van der Waals surface area (Å²) in [6.07, 6.45) is 4.66. The van der Waals surface area contributed by atoms with Gasteiger partial charge in [-0.15, -0.1) is 0 Å². The highest BCUT2D eigenvalue weighted by atomic mass is 16.6. The molecule has 0 aromatic heterocycles. The number of rotatable bonds is 6. The molecule has 4 heteroatoms. The van der Waals surface area contributed by atoms with E-state index in [0.717, 1.165) is 50.4 Å². The van der Waals surface area contributed by atoms with Crippen LogP contribution in [-0.4, -0.2) is 36.2 Å². The van der Waals surface area contributed by atoms with Crippen LogP contribution in [0.25, 0.3) is 0 Å². The van der Waals surface area contributed by atoms with Crippen LogP contribution in [0.3, 0.4) is 0 Å². The Kier molecular flexibility index (Phi) is 7.75. The van der Waals surface area contributed by atoms with Gasteiger partial charge in [0.05, 0.1) is 5.71 Å². The van der Waals surface area contributed by atoms with Crippen molar-refractivity contribution in [2.45, 2.75) is 80.6 Å². The lowest BCUT2D eigenvalue weighted by Crippen LogP contribution is -2.41. The van der Waals surface area contributed by atoms with E-state index in [1.165, 1.54) is 0 Å². The molecule has 1 amide bonds. The van der Waals surface area contributed by atoms with E-state index >= 15 is 0 Å². The highest BCUT2D eigenvalue weighted by Gasteiger charge is 2.30. The van der Waals surface area contributed by atoms with Crippen molar-refractivity contribution in [2.75, 3.05) is 19.7 Å². The Bertz CT molecular complexity index is 422. The minimum Gasteiger partial charge on any atom is -0.396 e. The lowest BCUT2D eigenvalue weighted by molar-refractivity contribution is -0.133. The van der Waals surface area contributed by atoms with Crippen LogP contribution < -0.4 is 0 Å². The van der Waals surface area contributed by atoms with Gasteiger partial charge in [-0.05, 0) is 43.9 Å². The number of likely N-dealkylation sites (tertiary alicyclic amines) is 1. The molecule has 0 N–H and O–H groups in total. The summed E-state index contributed by atoms with van der Waals surface area (Å²) in [6.45, 7) is 17.7. The Morgan fingerprint density at radius 3 is 2.17 bits per heavy atom. The van der Waals surface area contributed by atoms with E-state index in [9.17, 15) is 4.79 Å². The molecule has 0 saturated carbocycles. The lowest BCUT2D eigenvalue weighted by atomic mass is 9.75. The van der Waals surface area contributed by atoms with E-state index < -0.39 is 0 Å². The normalized spacial score (nSPS) is 18.0. The smallest absolute Gasteiger partial charge is 0.222 e. The summed E-state index contributed by atoms with van der Waals surface area (Å²) in [4.78, 5) is 19.7. The molecule has 140 valence electrons. The van der Waals surface area contributed by atoms with Gasteiger partial charge < -0.3 is 9.74 Å². The molecular formula is C20H38N2O2. The van der Waals surface area contributed by atoms with Crippen molar-refractivity contribution >= 4 is 11.6 Å². The number of carbonyl (C=O) groups excluding carboxylic acids is 1. The second kappa shape index (κ2) is 8.87. The summed E-state index contributed by atoms with van der Waals surface area (Å²) in [5, 5.41) is 4.15. The Morgan fingerprint density at radius 2 is 1.67 bits per heavy atom. The zero-order chi connectivity index (χ0) is 18.4. The molecule has 0 aromatic carbocycles. The predicted molar refractivity (Wildman–Crippen MR) is 101 cm³/mol. The van der Waals surface area contributed by atoms with Gasteiger partial charge in [0.15, 0.2) is 0 Å². The third-order valence-corrected chi connectivity index (χ3v) is 5.24. The van der Waals surface area contributed by atoms with Gasteiger partial charge in [0.25, 0.3) is 0 Å². The molecule has 0 unspecified atom stereocenters. The van der Waals surface area contributed by atoms with Gasteiger partial charge >= 0.3 is 0 Å². The van der Waals surface area contributed by atoms with Gasteiger partial charge in [-0.3, -0.25) is 4.79 Å². The van der Waals surface area contributed by atoms with Crippen molar-refractivity contribution in [1.29, 1.82) is 0 Å². The monoisotopic (exact) mass is 338 g/mol. The highest BCUT2D eigenvalue weighted by Crippen LogP contribution is 2.34. The molecule has 0 spiro atoms. The fraction of sp³-hybridized carbons (Fsp3) is 0.900. The molecule has 0 atom stereocenters. The second-order valence-electron chi connectivity index (χ2n) is 9.24. The van der Waals surface area contributed by atoms with Crippen LogP contribution >= 0.6 is 0 Å². The van der Waals surface area contributed by atoms with Crippen LogP contribution in [0.5, 0.6) is 0 Å². The fourth-order valence-corrected chi connectivity index (χ4v) is 2.88. The first-order valence-corrected chi connectivity index (χ1v) is 9.46. The fourth-order valence-electron chi connectivity index (χ4n) is 2.88. The molecule has 0 aliphatic carbocycles. The van der Waals surface area contributed by atoms with E-state index in [1.54, 1.807) is 0 Å². The first kappa shape index (κ1) is 21.0. The van der Waals surface area contributed by atoms with Crippen LogP contribution in [-0.2, 0) is 9.63 Å². The molecule has 1 rings (SSSR count). The predicted octanol–water partition coefficient (Wildman–Crippen LogP) is 4.88. The van der Waals surface area contributed by atoms with Crippen molar-refractivity contribution in [2.24, 2.45) is 21.9 Å². The van der Waals surface area contributed by atoms with Gasteiger partial charge in [-0.1, -0.05) is 46.7 Å². The minimum atomic E-state index is 0.0507. The Balaban J connectivity index is 2.17. The van der Waals surface area contributed by atoms with Crippen molar-refractivity contribution < 1.29 is 9.63 Å². The van der Waals surface area contributed by atoms with E-state index in [1.807, 2.05) is 11.8 Å². The summed E-state index contributed by atoms with van der Waals surface area (Å²) in [5.41, 5.74) is 1.41. The van der Waals surface area contributed by atoms with Crippen molar-refractivity contribution in [1.82, 2.24) is 4.90 Å². The Morgan fingerprint density at radius 1 is 1.08 bits per heavy atom. The van der Waals surface area contributed by atoms with Crippen molar-refractivity contribution in [3.05, 3.63) is 0 Å². The zero-order valence-electron chi connectivity index (χ0n) is 16.9. The summed E-state index contributed by atoms with van der Waals surface area (Å²) in [5.74, 6) is 1.04. The number of hydrogen-bond acceptors (Lipinski definition) is 3. The van der Waals surface area contributed by atoms with Crippen LogP contribution in [0.4, 0.5) is 0 Å². The third-order valence-electron chi connectivity index (χ3n) is 5.24. The molecule has 24 heavy (non-hydrogen) atoms. The number of oxime groups is 1. The first-order valence-electron chi connectivity index (χ1n) is 9.46. The molecule has 4 nitrogen and oxygen atoms in total. The summed E-state index contributed by atoms with van der Waals surface area (Å²) < 4.78 is 0. The number of unbranched alkanes of at least 4 members (excludes halogenated alkanes) is 1. The average molecular weight is 339 g/mol. The van der Waals surface area contributed by atoms with E-state index in [2.05, 4.69) is 46.7 Å². The zero-order valence-corrected chi connectivity index (χ0v) is 16.9. The summed E-state index contributed by atoms with van der Waals surface area (Å²) >= 11 is 0. The molecular weight excluding hydrogens is 300 g/mol. The van der Waals surface area contributed by atoms with Gasteiger partial charge in [-0.2, -0.15) is 0 Å². The summed E-state index contributed by atoms with van der Waals surface area (Å²) in [7, 11) is 0. The van der Waals surface area contributed by atoms with Gasteiger partial charge in [-0.25, -0.2) is 0 Å². The number of nitrogens with zero attached hydrogens (tertiary/aromatic N) is 2. The Hall–Kier alpha value is -1.06. The van der Waals surface area contributed by atoms with Gasteiger partial charge in [0.2, 0.25) is 5.91 Å². The highest BCUT2D eigenvalue weighted by molar-refractivity contribution is 5.86. The van der Waals surface area contributed by atoms with E-state index in [-0.39, 0.29) is 5.41 Å². The van der Waals surface area contributed by atoms with Gasteiger partial charge in [0, 0.05) is 24.9 Å². The molecule has 0 radical (unpaired) electrons. The number of hydrogen-bond donors (Lipinski definition) is 0. The minimum absolute atomic E-state index is 0.0507. The average Bonchev–Trinajstić information content (AvgIpc) is 2.48. The molecule has 1 fully saturated rings. The van der Waals surface area contributed by atoms with Crippen molar-refractivity contribution in [3.63, 3.8) is 0 Å². The number of piperidine rings is 1. The lowest BCUT2D eigenvalue weighted by Gasteiger charge is -2.38. The number of carbonyl (C=O) groups is 1. The van der Waals surface area contributed by atoms with Crippen LogP contribution in [0.2, 0.25) is 0 Å². The Labute approximate surface area is 149 Å². The maximum absolute atomic E-state index is 12.3. The number of amides is 1. The van der Waals surface area contributed by atoms with E-state index in [4.69, 9.17) is 4.84 Å². The largest absolute Gasteiger partial charge is 0.396 e.